The number of carbonyl (C=O) groups excluding carboxylic acids is 1. The van der Waals surface area contributed by atoms with E-state index in [0.717, 1.165) is 24.6 Å². The number of rotatable bonds is 5. The lowest BCUT2D eigenvalue weighted by molar-refractivity contribution is 0.0521. The molecule has 0 radical (unpaired) electrons. The lowest BCUT2D eigenvalue weighted by atomic mass is 9.91. The number of nitrogens with zero attached hydrogens (tertiary/aromatic N) is 4. The Kier molecular flexibility index (Phi) is 6.43. The van der Waals surface area contributed by atoms with Crippen LogP contribution in [0.2, 0.25) is 0 Å². The fourth-order valence-corrected chi connectivity index (χ4v) is 4.56. The van der Waals surface area contributed by atoms with Crippen LogP contribution in [-0.2, 0) is 4.74 Å². The molecule has 3 aromatic rings. The Morgan fingerprint density at radius 3 is 2.88 bits per heavy atom. The number of nitrogens with one attached hydrogen (secondary N) is 3. The predicted octanol–water partition coefficient (Wildman–Crippen LogP) is 2.93. The fourth-order valence-electron chi connectivity index (χ4n) is 4.56. The van der Waals surface area contributed by atoms with E-state index in [0.29, 0.717) is 55.5 Å². The molecule has 10 nitrogen and oxygen atoms in total. The summed E-state index contributed by atoms with van der Waals surface area (Å²) in [6, 6.07) is 1.80. The molecule has 2 atom stereocenters. The first kappa shape index (κ1) is 22.3. The van der Waals surface area contributed by atoms with Gasteiger partial charge in [0.15, 0.2) is 17.5 Å². The summed E-state index contributed by atoms with van der Waals surface area (Å²) < 4.78 is 25.2. The van der Waals surface area contributed by atoms with E-state index in [9.17, 15) is 9.18 Å². The highest BCUT2D eigenvalue weighted by molar-refractivity contribution is 5.92. The maximum Gasteiger partial charge on any atom is 0.317 e. The number of ether oxygens (including phenoxy) is 2. The van der Waals surface area contributed by atoms with Crippen molar-refractivity contribution in [3.8, 4) is 17.1 Å². The van der Waals surface area contributed by atoms with Crippen molar-refractivity contribution in [1.82, 2.24) is 30.2 Å². The number of urea groups is 1. The number of halogens is 1. The Hall–Kier alpha value is -3.47. The summed E-state index contributed by atoms with van der Waals surface area (Å²) in [5, 5.41) is 7.16. The highest BCUT2D eigenvalue weighted by Crippen LogP contribution is 2.29. The monoisotopic (exact) mass is 469 g/mol. The van der Waals surface area contributed by atoms with Gasteiger partial charge in [-0.2, -0.15) is 0 Å². The molecule has 0 spiro atoms. The number of amides is 2. The summed E-state index contributed by atoms with van der Waals surface area (Å²) >= 11 is 0. The van der Waals surface area contributed by atoms with E-state index in [4.69, 9.17) is 9.47 Å². The van der Waals surface area contributed by atoms with E-state index in [1.165, 1.54) is 6.20 Å². The SMILES string of the molecule is COc1cnc2[nH]cc(-c3ncc(F)c(N[C@H]4CCC[C@@H](NC(=O)N5CCOCC5)C4)n3)c2c1. The van der Waals surface area contributed by atoms with Crippen LogP contribution in [-0.4, -0.2) is 76.4 Å². The van der Waals surface area contributed by atoms with Crippen LogP contribution in [0.15, 0.2) is 24.7 Å². The molecule has 0 unspecified atom stereocenters. The molecular weight excluding hydrogens is 441 g/mol. The van der Waals surface area contributed by atoms with E-state index in [-0.39, 0.29) is 23.9 Å². The lowest BCUT2D eigenvalue weighted by Crippen LogP contribution is -2.51. The second kappa shape index (κ2) is 9.80. The maximum absolute atomic E-state index is 14.6. The number of hydrogen-bond acceptors (Lipinski definition) is 7. The zero-order chi connectivity index (χ0) is 23.5. The molecule has 1 saturated heterocycles. The second-order valence-electron chi connectivity index (χ2n) is 8.62. The first-order valence-corrected chi connectivity index (χ1v) is 11.5. The fraction of sp³-hybridized carbons (Fsp3) is 0.478. The third-order valence-electron chi connectivity index (χ3n) is 6.37. The van der Waals surface area contributed by atoms with Crippen LogP contribution in [0.5, 0.6) is 5.75 Å². The van der Waals surface area contributed by atoms with Gasteiger partial charge in [-0.25, -0.2) is 24.1 Å². The summed E-state index contributed by atoms with van der Waals surface area (Å²) in [6.07, 6.45) is 7.96. The smallest absolute Gasteiger partial charge is 0.317 e. The third kappa shape index (κ3) is 4.74. The zero-order valence-electron chi connectivity index (χ0n) is 19.0. The molecule has 2 fully saturated rings. The molecule has 3 aromatic heterocycles. The standard InChI is InChI=1S/C23H28FN7O3/c1-33-16-10-17-18(12-26-20(17)25-11-16)21-27-13-19(24)22(30-21)28-14-3-2-4-15(9-14)29-23(32)31-5-7-34-8-6-31/h10-15H,2-9H2,1H3,(H,25,26)(H,29,32)(H,27,28,30)/t14-,15+/m0/s1. The number of morpholine rings is 1. The summed E-state index contributed by atoms with van der Waals surface area (Å²) in [6.45, 7) is 2.34. The zero-order valence-corrected chi connectivity index (χ0v) is 19.0. The molecule has 34 heavy (non-hydrogen) atoms. The van der Waals surface area contributed by atoms with Gasteiger partial charge in [0, 0.05) is 42.3 Å². The number of aromatic amines is 1. The number of H-pyrrole nitrogens is 1. The number of pyridine rings is 1. The normalized spacial score (nSPS) is 20.8. The quantitative estimate of drug-likeness (QED) is 0.526. The minimum Gasteiger partial charge on any atom is -0.495 e. The van der Waals surface area contributed by atoms with Crippen molar-refractivity contribution in [2.24, 2.45) is 0 Å². The highest BCUT2D eigenvalue weighted by atomic mass is 19.1. The van der Waals surface area contributed by atoms with Gasteiger partial charge in [-0.1, -0.05) is 0 Å². The van der Waals surface area contributed by atoms with Crippen molar-refractivity contribution in [3.63, 3.8) is 0 Å². The Bertz CT molecular complexity index is 1160. The second-order valence-corrected chi connectivity index (χ2v) is 8.62. The molecule has 4 heterocycles. The van der Waals surface area contributed by atoms with Gasteiger partial charge in [-0.05, 0) is 31.7 Å². The third-order valence-corrected chi connectivity index (χ3v) is 6.37. The highest BCUT2D eigenvalue weighted by Gasteiger charge is 2.27. The van der Waals surface area contributed by atoms with Crippen LogP contribution >= 0.6 is 0 Å². The predicted molar refractivity (Wildman–Crippen MR) is 124 cm³/mol. The van der Waals surface area contributed by atoms with Gasteiger partial charge in [0.05, 0.1) is 32.7 Å². The van der Waals surface area contributed by atoms with Crippen molar-refractivity contribution < 1.29 is 18.7 Å². The molecule has 1 aliphatic carbocycles. The molecule has 3 N–H and O–H groups in total. The van der Waals surface area contributed by atoms with Gasteiger partial charge in [-0.3, -0.25) is 0 Å². The average Bonchev–Trinajstić information content (AvgIpc) is 3.29. The molecule has 0 aromatic carbocycles. The molecule has 1 aliphatic heterocycles. The molecular formula is C23H28FN7O3. The van der Waals surface area contributed by atoms with E-state index < -0.39 is 5.82 Å². The summed E-state index contributed by atoms with van der Waals surface area (Å²) in [4.78, 5) is 30.4. The molecule has 0 bridgehead atoms. The van der Waals surface area contributed by atoms with E-state index in [1.807, 2.05) is 6.07 Å². The topological polar surface area (TPSA) is 117 Å². The van der Waals surface area contributed by atoms with Crippen molar-refractivity contribution in [2.75, 3.05) is 38.7 Å². The summed E-state index contributed by atoms with van der Waals surface area (Å²) in [5.41, 5.74) is 1.38. The van der Waals surface area contributed by atoms with Gasteiger partial charge >= 0.3 is 6.03 Å². The van der Waals surface area contributed by atoms with Crippen LogP contribution in [0.25, 0.3) is 22.4 Å². The van der Waals surface area contributed by atoms with E-state index in [1.54, 1.807) is 24.4 Å². The molecule has 11 heteroatoms. The first-order chi connectivity index (χ1) is 16.6. The van der Waals surface area contributed by atoms with Crippen LogP contribution in [0, 0.1) is 5.82 Å². The minimum atomic E-state index is -0.515. The number of carbonyl (C=O) groups is 1. The number of fused-ring (bicyclic) bond motifs is 1. The number of aromatic nitrogens is 4. The number of methoxy groups -OCH3 is 1. The van der Waals surface area contributed by atoms with Crippen LogP contribution in [0.3, 0.4) is 0 Å². The van der Waals surface area contributed by atoms with Crippen molar-refractivity contribution >= 4 is 22.9 Å². The Balaban J connectivity index is 1.29. The van der Waals surface area contributed by atoms with Crippen molar-refractivity contribution in [3.05, 3.63) is 30.5 Å². The minimum absolute atomic E-state index is 0.00859. The molecule has 5 rings (SSSR count). The van der Waals surface area contributed by atoms with Crippen LogP contribution in [0.1, 0.15) is 25.7 Å². The van der Waals surface area contributed by atoms with Crippen LogP contribution < -0.4 is 15.4 Å². The van der Waals surface area contributed by atoms with Crippen LogP contribution in [0.4, 0.5) is 15.0 Å². The van der Waals surface area contributed by atoms with Crippen molar-refractivity contribution in [1.29, 1.82) is 0 Å². The van der Waals surface area contributed by atoms with Gasteiger partial charge < -0.3 is 30.0 Å². The molecule has 2 amide bonds. The Morgan fingerprint density at radius 1 is 1.24 bits per heavy atom. The Morgan fingerprint density at radius 2 is 2.06 bits per heavy atom. The largest absolute Gasteiger partial charge is 0.495 e. The number of anilines is 1. The van der Waals surface area contributed by atoms with Gasteiger partial charge in [0.2, 0.25) is 0 Å². The van der Waals surface area contributed by atoms with E-state index in [2.05, 4.69) is 30.6 Å². The maximum atomic E-state index is 14.6. The van der Waals surface area contributed by atoms with E-state index >= 15 is 0 Å². The average molecular weight is 470 g/mol. The molecule has 180 valence electrons. The summed E-state index contributed by atoms with van der Waals surface area (Å²) in [7, 11) is 1.58. The first-order valence-electron chi connectivity index (χ1n) is 11.5. The molecule has 2 aliphatic rings. The van der Waals surface area contributed by atoms with Gasteiger partial charge in [0.1, 0.15) is 11.4 Å². The number of hydrogen-bond donors (Lipinski definition) is 3. The Labute approximate surface area is 196 Å². The van der Waals surface area contributed by atoms with Gasteiger partial charge in [-0.15, -0.1) is 0 Å². The summed E-state index contributed by atoms with van der Waals surface area (Å²) in [5.74, 6) is 0.638. The van der Waals surface area contributed by atoms with Crippen molar-refractivity contribution in [2.45, 2.75) is 37.8 Å². The van der Waals surface area contributed by atoms with Gasteiger partial charge in [0.25, 0.3) is 0 Å². The molecule has 1 saturated carbocycles. The lowest BCUT2D eigenvalue weighted by Gasteiger charge is -2.33.